The Bertz CT molecular complexity index is 554. The molecular weight excluding hydrogens is 266 g/mol. The van der Waals surface area contributed by atoms with Crippen LogP contribution in [-0.4, -0.2) is 34.6 Å². The molecule has 0 aliphatic heterocycles. The molecule has 7 heteroatoms. The lowest BCUT2D eigenvalue weighted by Gasteiger charge is -2.04. The fourth-order valence-corrected chi connectivity index (χ4v) is 2.18. The minimum absolute atomic E-state index is 0.160. The van der Waals surface area contributed by atoms with E-state index in [1.165, 1.54) is 24.4 Å². The van der Waals surface area contributed by atoms with Crippen LogP contribution in [0.15, 0.2) is 17.9 Å². The number of hydrogen-bond acceptors (Lipinski definition) is 7. The Hall–Kier alpha value is -2.02. The zero-order valence-corrected chi connectivity index (χ0v) is 11.4. The van der Waals surface area contributed by atoms with Gasteiger partial charge in [0.1, 0.15) is 0 Å². The first-order valence-corrected chi connectivity index (χ1v) is 6.51. The van der Waals surface area contributed by atoms with Crippen molar-refractivity contribution in [3.8, 4) is 5.88 Å². The standard InChI is InChI=1S/C12H13N3O3S/c1-8-10(19-7-15-8)3-4-18-11-6-13-9(5-14-11)12(16)17-2/h5-7H,3-4H2,1-2H3. The Kier molecular flexibility index (Phi) is 4.40. The summed E-state index contributed by atoms with van der Waals surface area (Å²) in [5, 5.41) is 0. The first kappa shape index (κ1) is 13.4. The maximum Gasteiger partial charge on any atom is 0.358 e. The highest BCUT2D eigenvalue weighted by Crippen LogP contribution is 2.13. The second-order valence-corrected chi connectivity index (χ2v) is 4.63. The fraction of sp³-hybridized carbons (Fsp3) is 0.333. The van der Waals surface area contributed by atoms with Crippen molar-refractivity contribution < 1.29 is 14.3 Å². The number of esters is 1. The van der Waals surface area contributed by atoms with Crippen LogP contribution in [0.2, 0.25) is 0 Å². The van der Waals surface area contributed by atoms with E-state index in [9.17, 15) is 4.79 Å². The zero-order valence-electron chi connectivity index (χ0n) is 10.6. The Balaban J connectivity index is 1.86. The van der Waals surface area contributed by atoms with Crippen molar-refractivity contribution in [2.24, 2.45) is 0 Å². The lowest BCUT2D eigenvalue weighted by molar-refractivity contribution is 0.0593. The molecule has 0 fully saturated rings. The van der Waals surface area contributed by atoms with Gasteiger partial charge in [0.2, 0.25) is 5.88 Å². The lowest BCUT2D eigenvalue weighted by atomic mass is 10.3. The van der Waals surface area contributed by atoms with Gasteiger partial charge in [-0.1, -0.05) is 0 Å². The number of carbonyl (C=O) groups excluding carboxylic acids is 1. The van der Waals surface area contributed by atoms with Crippen molar-refractivity contribution >= 4 is 17.3 Å². The van der Waals surface area contributed by atoms with E-state index in [0.29, 0.717) is 12.5 Å². The molecule has 19 heavy (non-hydrogen) atoms. The smallest absolute Gasteiger partial charge is 0.358 e. The number of aryl methyl sites for hydroxylation is 1. The summed E-state index contributed by atoms with van der Waals surface area (Å²) in [4.78, 5) is 24.4. The molecule has 0 N–H and O–H groups in total. The van der Waals surface area contributed by atoms with Gasteiger partial charge in [-0.3, -0.25) is 0 Å². The molecule has 2 heterocycles. The van der Waals surface area contributed by atoms with Crippen molar-refractivity contribution in [2.75, 3.05) is 13.7 Å². The van der Waals surface area contributed by atoms with Crippen molar-refractivity contribution in [1.82, 2.24) is 15.0 Å². The average Bonchev–Trinajstić information content (AvgIpc) is 2.84. The van der Waals surface area contributed by atoms with Gasteiger partial charge in [-0.25, -0.2) is 19.7 Å². The largest absolute Gasteiger partial charge is 0.476 e. The summed E-state index contributed by atoms with van der Waals surface area (Å²) in [7, 11) is 1.30. The molecule has 0 amide bonds. The van der Waals surface area contributed by atoms with Gasteiger partial charge in [-0.2, -0.15) is 0 Å². The van der Waals surface area contributed by atoms with Gasteiger partial charge < -0.3 is 9.47 Å². The van der Waals surface area contributed by atoms with Crippen LogP contribution >= 0.6 is 11.3 Å². The van der Waals surface area contributed by atoms with Gasteiger partial charge in [0.25, 0.3) is 0 Å². The van der Waals surface area contributed by atoms with Crippen molar-refractivity contribution in [3.63, 3.8) is 0 Å². The quantitative estimate of drug-likeness (QED) is 0.775. The molecule has 0 atom stereocenters. The third kappa shape index (κ3) is 3.47. The zero-order chi connectivity index (χ0) is 13.7. The summed E-state index contributed by atoms with van der Waals surface area (Å²) in [5.74, 6) is -0.130. The molecule has 0 aliphatic carbocycles. The molecule has 0 spiro atoms. The van der Waals surface area contributed by atoms with Crippen LogP contribution in [0.3, 0.4) is 0 Å². The molecule has 0 bridgehead atoms. The minimum Gasteiger partial charge on any atom is -0.476 e. The number of methoxy groups -OCH3 is 1. The molecule has 2 aromatic heterocycles. The van der Waals surface area contributed by atoms with Crippen LogP contribution in [0.4, 0.5) is 0 Å². The maximum atomic E-state index is 11.2. The second kappa shape index (κ2) is 6.24. The van der Waals surface area contributed by atoms with E-state index < -0.39 is 5.97 Å². The van der Waals surface area contributed by atoms with E-state index >= 15 is 0 Å². The van der Waals surface area contributed by atoms with Crippen LogP contribution in [0.25, 0.3) is 0 Å². The molecule has 2 aromatic rings. The van der Waals surface area contributed by atoms with E-state index in [1.807, 2.05) is 12.4 Å². The molecule has 2 rings (SSSR count). The number of nitrogens with zero attached hydrogens (tertiary/aromatic N) is 3. The summed E-state index contributed by atoms with van der Waals surface area (Å²) in [6, 6.07) is 0. The Morgan fingerprint density at radius 3 is 2.74 bits per heavy atom. The van der Waals surface area contributed by atoms with Crippen LogP contribution in [0.5, 0.6) is 5.88 Å². The average molecular weight is 279 g/mol. The van der Waals surface area contributed by atoms with Crippen molar-refractivity contribution in [2.45, 2.75) is 13.3 Å². The van der Waals surface area contributed by atoms with Gasteiger partial charge in [-0.15, -0.1) is 11.3 Å². The highest BCUT2D eigenvalue weighted by atomic mass is 32.1. The van der Waals surface area contributed by atoms with Crippen LogP contribution in [0.1, 0.15) is 21.1 Å². The van der Waals surface area contributed by atoms with E-state index in [2.05, 4.69) is 19.7 Å². The summed E-state index contributed by atoms with van der Waals surface area (Å²) in [5.41, 5.74) is 3.00. The SMILES string of the molecule is COC(=O)c1cnc(OCCc2scnc2C)cn1. The molecule has 0 saturated heterocycles. The fourth-order valence-electron chi connectivity index (χ4n) is 1.42. The Morgan fingerprint density at radius 1 is 1.32 bits per heavy atom. The summed E-state index contributed by atoms with van der Waals surface area (Å²) in [6.07, 6.45) is 3.52. The minimum atomic E-state index is -0.515. The normalized spacial score (nSPS) is 10.2. The van der Waals surface area contributed by atoms with E-state index in [-0.39, 0.29) is 5.69 Å². The first-order chi connectivity index (χ1) is 9.20. The topological polar surface area (TPSA) is 74.2 Å². The van der Waals surface area contributed by atoms with Gasteiger partial charge in [0.15, 0.2) is 5.69 Å². The second-order valence-electron chi connectivity index (χ2n) is 3.69. The number of rotatable bonds is 5. The highest BCUT2D eigenvalue weighted by molar-refractivity contribution is 7.09. The number of ether oxygens (including phenoxy) is 2. The van der Waals surface area contributed by atoms with Crippen LogP contribution in [0, 0.1) is 6.92 Å². The van der Waals surface area contributed by atoms with Crippen molar-refractivity contribution in [1.29, 1.82) is 0 Å². The van der Waals surface area contributed by atoms with Crippen LogP contribution in [-0.2, 0) is 11.2 Å². The summed E-state index contributed by atoms with van der Waals surface area (Å²) < 4.78 is 9.99. The maximum absolute atomic E-state index is 11.2. The molecular formula is C12H13N3O3S. The number of hydrogen-bond donors (Lipinski definition) is 0. The third-order valence-electron chi connectivity index (χ3n) is 2.45. The number of carbonyl (C=O) groups is 1. The molecule has 0 saturated carbocycles. The molecule has 0 aromatic carbocycles. The first-order valence-electron chi connectivity index (χ1n) is 5.63. The monoisotopic (exact) mass is 279 g/mol. The van der Waals surface area contributed by atoms with Crippen molar-refractivity contribution in [3.05, 3.63) is 34.2 Å². The molecule has 0 radical (unpaired) electrons. The van der Waals surface area contributed by atoms with E-state index in [4.69, 9.17) is 4.74 Å². The van der Waals surface area contributed by atoms with Gasteiger partial charge in [0, 0.05) is 11.3 Å². The summed E-state index contributed by atoms with van der Waals surface area (Å²) in [6.45, 7) is 2.46. The highest BCUT2D eigenvalue weighted by Gasteiger charge is 2.08. The molecule has 0 unspecified atom stereocenters. The number of thiazole rings is 1. The van der Waals surface area contributed by atoms with E-state index in [0.717, 1.165) is 12.1 Å². The summed E-state index contributed by atoms with van der Waals surface area (Å²) >= 11 is 1.61. The Morgan fingerprint density at radius 2 is 2.16 bits per heavy atom. The van der Waals surface area contributed by atoms with Crippen LogP contribution < -0.4 is 4.74 Å². The van der Waals surface area contributed by atoms with Gasteiger partial charge in [0.05, 0.1) is 37.3 Å². The predicted molar refractivity (Wildman–Crippen MR) is 69.4 cm³/mol. The Labute approximate surface area is 114 Å². The van der Waals surface area contributed by atoms with Gasteiger partial charge >= 0.3 is 5.97 Å². The lowest BCUT2D eigenvalue weighted by Crippen LogP contribution is -2.07. The molecule has 100 valence electrons. The van der Waals surface area contributed by atoms with Gasteiger partial charge in [-0.05, 0) is 6.92 Å². The van der Waals surface area contributed by atoms with E-state index in [1.54, 1.807) is 11.3 Å². The number of aromatic nitrogens is 3. The predicted octanol–water partition coefficient (Wildman–Crippen LogP) is 1.65. The molecule has 6 nitrogen and oxygen atoms in total. The molecule has 0 aliphatic rings. The third-order valence-corrected chi connectivity index (χ3v) is 3.44.